The van der Waals surface area contributed by atoms with Crippen molar-refractivity contribution in [1.29, 1.82) is 0 Å². The molecule has 0 radical (unpaired) electrons. The second-order valence-electron chi connectivity index (χ2n) is 7.48. The van der Waals surface area contributed by atoms with E-state index in [1.807, 2.05) is 55.6 Å². The molecular formula is C22H23NO3S. The Hall–Kier alpha value is -2.40. The number of carbonyl (C=O) groups excluding carboxylic acids is 2. The van der Waals surface area contributed by atoms with Crippen molar-refractivity contribution in [2.45, 2.75) is 51.0 Å². The van der Waals surface area contributed by atoms with Crippen LogP contribution in [0, 0.1) is 0 Å². The van der Waals surface area contributed by atoms with Gasteiger partial charge in [0, 0.05) is 34.9 Å². The fourth-order valence-electron chi connectivity index (χ4n) is 4.02. The number of ether oxygens (including phenoxy) is 1. The van der Waals surface area contributed by atoms with Crippen molar-refractivity contribution < 1.29 is 14.3 Å². The van der Waals surface area contributed by atoms with Crippen LogP contribution in [0.15, 0.2) is 53.0 Å². The van der Waals surface area contributed by atoms with Crippen molar-refractivity contribution in [2.75, 3.05) is 0 Å². The van der Waals surface area contributed by atoms with Crippen molar-refractivity contribution >= 4 is 23.0 Å². The van der Waals surface area contributed by atoms with Crippen LogP contribution in [0.2, 0.25) is 0 Å². The number of hydrogen-bond acceptors (Lipinski definition) is 4. The third-order valence-electron chi connectivity index (χ3n) is 5.15. The third-order valence-corrected chi connectivity index (χ3v) is 6.13. The lowest BCUT2D eigenvalue weighted by Gasteiger charge is -2.34. The lowest BCUT2D eigenvalue weighted by atomic mass is 9.75. The fourth-order valence-corrected chi connectivity index (χ4v) is 4.86. The summed E-state index contributed by atoms with van der Waals surface area (Å²) in [5.74, 6) is 0.985. The maximum absolute atomic E-state index is 13.0. The molecule has 4 nitrogen and oxygen atoms in total. The van der Waals surface area contributed by atoms with E-state index in [1.165, 1.54) is 0 Å². The molecule has 0 saturated carbocycles. The number of allylic oxidation sites excluding steroid dienone is 2. The lowest BCUT2D eigenvalue weighted by Crippen LogP contribution is -2.37. The largest absolute Gasteiger partial charge is 0.491 e. The van der Waals surface area contributed by atoms with Crippen molar-refractivity contribution in [2.24, 2.45) is 0 Å². The minimum atomic E-state index is -0.0935. The van der Waals surface area contributed by atoms with E-state index >= 15 is 0 Å². The Kier molecular flexibility index (Phi) is 4.87. The fraction of sp³-hybridized carbons (Fsp3) is 0.364. The maximum atomic E-state index is 13.0. The molecule has 140 valence electrons. The van der Waals surface area contributed by atoms with Gasteiger partial charge in [0.2, 0.25) is 5.91 Å². The molecule has 1 aromatic heterocycles. The van der Waals surface area contributed by atoms with Crippen LogP contribution in [0.4, 0.5) is 0 Å². The summed E-state index contributed by atoms with van der Waals surface area (Å²) < 4.78 is 5.70. The van der Waals surface area contributed by atoms with Crippen molar-refractivity contribution in [3.63, 3.8) is 0 Å². The zero-order valence-electron chi connectivity index (χ0n) is 15.5. The molecule has 2 atom stereocenters. The normalized spacial score (nSPS) is 22.6. The van der Waals surface area contributed by atoms with Crippen LogP contribution in [-0.4, -0.2) is 17.8 Å². The summed E-state index contributed by atoms with van der Waals surface area (Å²) in [6.07, 6.45) is 1.67. The first kappa shape index (κ1) is 18.0. The highest BCUT2D eigenvalue weighted by Crippen LogP contribution is 2.43. The molecule has 2 heterocycles. The highest BCUT2D eigenvalue weighted by molar-refractivity contribution is 7.10. The Morgan fingerprint density at radius 1 is 1.07 bits per heavy atom. The molecule has 1 aliphatic heterocycles. The van der Waals surface area contributed by atoms with Crippen molar-refractivity contribution in [3.05, 3.63) is 63.5 Å². The number of carbonyl (C=O) groups is 2. The van der Waals surface area contributed by atoms with Gasteiger partial charge in [-0.15, -0.1) is 11.3 Å². The predicted octanol–water partition coefficient (Wildman–Crippen LogP) is 4.54. The number of thiophene rings is 1. The summed E-state index contributed by atoms with van der Waals surface area (Å²) in [6, 6.07) is 12.0. The predicted molar refractivity (Wildman–Crippen MR) is 106 cm³/mol. The van der Waals surface area contributed by atoms with E-state index in [9.17, 15) is 9.59 Å². The third kappa shape index (κ3) is 3.69. The summed E-state index contributed by atoms with van der Waals surface area (Å²) in [5, 5.41) is 4.98. The number of Topliss-reactive ketones (excluding diaryl/α,β-unsaturated/α-hetero) is 1. The van der Waals surface area contributed by atoms with Gasteiger partial charge in [-0.1, -0.05) is 18.2 Å². The molecule has 2 aromatic rings. The Labute approximate surface area is 163 Å². The van der Waals surface area contributed by atoms with Crippen molar-refractivity contribution in [3.8, 4) is 5.75 Å². The summed E-state index contributed by atoms with van der Waals surface area (Å²) in [5.41, 5.74) is 2.74. The first-order valence-corrected chi connectivity index (χ1v) is 10.3. The van der Waals surface area contributed by atoms with E-state index in [2.05, 4.69) is 5.32 Å². The average Bonchev–Trinajstić information content (AvgIpc) is 3.15. The van der Waals surface area contributed by atoms with Gasteiger partial charge in [-0.25, -0.2) is 0 Å². The van der Waals surface area contributed by atoms with Gasteiger partial charge in [0.1, 0.15) is 5.75 Å². The second kappa shape index (κ2) is 7.31. The van der Waals surface area contributed by atoms with E-state index in [0.29, 0.717) is 19.3 Å². The maximum Gasteiger partial charge on any atom is 0.225 e. The Balaban J connectivity index is 1.60. The lowest BCUT2D eigenvalue weighted by molar-refractivity contribution is -0.122. The molecule has 0 unspecified atom stereocenters. The minimum absolute atomic E-state index is 0.00119. The molecule has 1 N–H and O–H groups in total. The van der Waals surface area contributed by atoms with Crippen LogP contribution in [0.3, 0.4) is 0 Å². The molecular weight excluding hydrogens is 358 g/mol. The molecule has 0 spiro atoms. The quantitative estimate of drug-likeness (QED) is 0.846. The number of nitrogens with one attached hydrogen (secondary N) is 1. The van der Waals surface area contributed by atoms with Crippen LogP contribution < -0.4 is 10.1 Å². The molecule has 2 aliphatic rings. The van der Waals surface area contributed by atoms with Crippen LogP contribution in [0.1, 0.15) is 55.4 Å². The summed E-state index contributed by atoms with van der Waals surface area (Å²) in [7, 11) is 0. The van der Waals surface area contributed by atoms with Crippen LogP contribution in [-0.2, 0) is 9.59 Å². The number of benzene rings is 1. The smallest absolute Gasteiger partial charge is 0.225 e. The number of amides is 1. The van der Waals surface area contributed by atoms with Gasteiger partial charge < -0.3 is 10.1 Å². The standard InChI is InChI=1S/C22H23NO3S/c1-13(2)26-16-7-5-14(6-8-16)15-10-18-22(19(24)11-15)17(12-21(25)23-18)20-4-3-9-27-20/h3-9,13,15,17H,10-12H2,1-2H3,(H,23,25)/t15-,17-/m1/s1. The van der Waals surface area contributed by atoms with Gasteiger partial charge in [0.15, 0.2) is 5.78 Å². The SMILES string of the molecule is CC(C)Oc1ccc([C@H]2CC(=O)C3=C(C2)NC(=O)C[C@@H]3c2cccs2)cc1. The van der Waals surface area contributed by atoms with Gasteiger partial charge in [-0.05, 0) is 55.3 Å². The Bertz CT molecular complexity index is 881. The van der Waals surface area contributed by atoms with Gasteiger partial charge in [0.05, 0.1) is 6.10 Å². The van der Waals surface area contributed by atoms with Gasteiger partial charge in [-0.2, -0.15) is 0 Å². The first-order chi connectivity index (χ1) is 13.0. The zero-order chi connectivity index (χ0) is 19.0. The second-order valence-corrected chi connectivity index (χ2v) is 8.46. The topological polar surface area (TPSA) is 55.4 Å². The summed E-state index contributed by atoms with van der Waals surface area (Å²) in [6.45, 7) is 4.00. The zero-order valence-corrected chi connectivity index (χ0v) is 16.3. The molecule has 27 heavy (non-hydrogen) atoms. The van der Waals surface area contributed by atoms with Crippen LogP contribution in [0.5, 0.6) is 5.75 Å². The van der Waals surface area contributed by atoms with E-state index in [1.54, 1.807) is 11.3 Å². The van der Waals surface area contributed by atoms with E-state index in [4.69, 9.17) is 4.74 Å². The molecule has 1 aromatic carbocycles. The van der Waals surface area contributed by atoms with Gasteiger partial charge in [-0.3, -0.25) is 9.59 Å². The molecule has 1 aliphatic carbocycles. The first-order valence-electron chi connectivity index (χ1n) is 9.37. The molecule has 5 heteroatoms. The molecule has 0 bridgehead atoms. The highest BCUT2D eigenvalue weighted by atomic mass is 32.1. The number of hydrogen-bond donors (Lipinski definition) is 1. The molecule has 1 amide bonds. The van der Waals surface area contributed by atoms with E-state index in [0.717, 1.165) is 27.5 Å². The average molecular weight is 381 g/mol. The van der Waals surface area contributed by atoms with Crippen LogP contribution >= 0.6 is 11.3 Å². The van der Waals surface area contributed by atoms with Crippen LogP contribution in [0.25, 0.3) is 0 Å². The van der Waals surface area contributed by atoms with Gasteiger partial charge in [0.25, 0.3) is 0 Å². The molecule has 0 saturated heterocycles. The molecule has 4 rings (SSSR count). The molecule has 0 fully saturated rings. The number of rotatable bonds is 4. The summed E-state index contributed by atoms with van der Waals surface area (Å²) >= 11 is 1.61. The monoisotopic (exact) mass is 381 g/mol. The summed E-state index contributed by atoms with van der Waals surface area (Å²) in [4.78, 5) is 26.4. The van der Waals surface area contributed by atoms with Crippen molar-refractivity contribution in [1.82, 2.24) is 5.32 Å². The minimum Gasteiger partial charge on any atom is -0.491 e. The number of ketones is 1. The van der Waals surface area contributed by atoms with E-state index in [-0.39, 0.29) is 29.6 Å². The Morgan fingerprint density at radius 2 is 1.85 bits per heavy atom. The van der Waals surface area contributed by atoms with Gasteiger partial charge >= 0.3 is 0 Å². The van der Waals surface area contributed by atoms with E-state index < -0.39 is 0 Å². The highest BCUT2D eigenvalue weighted by Gasteiger charge is 2.38. The Morgan fingerprint density at radius 3 is 2.52 bits per heavy atom.